The highest BCUT2D eigenvalue weighted by atomic mass is 79.9. The smallest absolute Gasteiger partial charge is 0.416 e. The zero-order valence-corrected chi connectivity index (χ0v) is 21.1. The zero-order chi connectivity index (χ0) is 23.5. The molecule has 2 aromatic heterocycles. The normalized spacial score (nSPS) is 17.2. The molecule has 3 heterocycles. The number of halogens is 1. The Bertz CT molecular complexity index is 921. The highest BCUT2D eigenvalue weighted by molar-refractivity contribution is 9.10. The van der Waals surface area contributed by atoms with Crippen molar-refractivity contribution in [2.45, 2.75) is 71.6 Å². The van der Waals surface area contributed by atoms with E-state index in [9.17, 15) is 9.90 Å². The molecule has 1 saturated heterocycles. The van der Waals surface area contributed by atoms with Crippen LogP contribution in [0.3, 0.4) is 0 Å². The molecular weight excluding hydrogens is 478 g/mol. The lowest BCUT2D eigenvalue weighted by atomic mass is 10.00. The van der Waals surface area contributed by atoms with Gasteiger partial charge in [0.2, 0.25) is 0 Å². The summed E-state index contributed by atoms with van der Waals surface area (Å²) in [5.74, 6) is 1.40. The third-order valence-corrected chi connectivity index (χ3v) is 6.00. The van der Waals surface area contributed by atoms with E-state index in [2.05, 4.69) is 31.3 Å². The first-order valence-corrected chi connectivity index (χ1v) is 12.0. The van der Waals surface area contributed by atoms with Crippen LogP contribution in [0.15, 0.2) is 16.7 Å². The van der Waals surface area contributed by atoms with E-state index in [1.807, 2.05) is 27.7 Å². The van der Waals surface area contributed by atoms with Crippen LogP contribution in [0, 0.1) is 5.92 Å². The van der Waals surface area contributed by atoms with Crippen LogP contribution in [-0.2, 0) is 9.47 Å². The predicted molar refractivity (Wildman–Crippen MR) is 127 cm³/mol. The molecule has 2 N–H and O–H groups in total. The Kier molecular flexibility index (Phi) is 8.00. The Labute approximate surface area is 197 Å². The maximum atomic E-state index is 13.3. The largest absolute Gasteiger partial charge is 0.443 e. The van der Waals surface area contributed by atoms with Gasteiger partial charge < -0.3 is 19.9 Å². The molecule has 1 aliphatic rings. The third kappa shape index (κ3) is 6.11. The molecule has 3 rings (SSSR count). The molecule has 1 aliphatic heterocycles. The number of rotatable bonds is 7. The van der Waals surface area contributed by atoms with Crippen LogP contribution in [0.1, 0.15) is 53.9 Å². The second kappa shape index (κ2) is 10.4. The first-order chi connectivity index (χ1) is 15.1. The summed E-state index contributed by atoms with van der Waals surface area (Å²) in [5, 5.41) is 17.8. The van der Waals surface area contributed by atoms with Gasteiger partial charge in [-0.3, -0.25) is 4.90 Å². The molecule has 0 saturated carbocycles. The second-order valence-electron chi connectivity index (χ2n) is 9.27. The topological polar surface area (TPSA) is 101 Å². The number of carbonyl (C=O) groups is 1. The van der Waals surface area contributed by atoms with Gasteiger partial charge in [-0.1, -0.05) is 6.92 Å². The maximum absolute atomic E-state index is 13.3. The summed E-state index contributed by atoms with van der Waals surface area (Å²) in [7, 11) is 0. The Balaban J connectivity index is 2.05. The zero-order valence-electron chi connectivity index (χ0n) is 19.5. The number of fused-ring (bicyclic) bond motifs is 1. The van der Waals surface area contributed by atoms with E-state index in [4.69, 9.17) is 9.47 Å². The number of aliphatic hydroxyl groups is 1. The van der Waals surface area contributed by atoms with Crippen LogP contribution >= 0.6 is 15.9 Å². The average molecular weight is 512 g/mol. The van der Waals surface area contributed by atoms with Crippen LogP contribution in [0.2, 0.25) is 0 Å². The SMILES string of the molecule is CCC(Nc1cc(N(CC2CCOCC2)C(=O)OC(C)(C)C)n2ncc(Br)c2n1)C(C)O. The van der Waals surface area contributed by atoms with Crippen LogP contribution in [-0.4, -0.2) is 63.3 Å². The van der Waals surface area contributed by atoms with Crippen molar-refractivity contribution in [1.82, 2.24) is 14.6 Å². The van der Waals surface area contributed by atoms with Crippen LogP contribution in [0.5, 0.6) is 0 Å². The van der Waals surface area contributed by atoms with Crippen molar-refractivity contribution in [1.29, 1.82) is 0 Å². The van der Waals surface area contributed by atoms with Gasteiger partial charge in [-0.05, 0) is 68.8 Å². The van der Waals surface area contributed by atoms with Gasteiger partial charge in [0.05, 0.1) is 22.8 Å². The highest BCUT2D eigenvalue weighted by Crippen LogP contribution is 2.29. The molecule has 32 heavy (non-hydrogen) atoms. The molecule has 0 aromatic carbocycles. The lowest BCUT2D eigenvalue weighted by Crippen LogP contribution is -2.42. The van der Waals surface area contributed by atoms with Crippen LogP contribution in [0.4, 0.5) is 16.4 Å². The number of ether oxygens (including phenoxy) is 2. The summed E-state index contributed by atoms with van der Waals surface area (Å²) in [6, 6.07) is 1.62. The molecule has 0 spiro atoms. The number of carbonyl (C=O) groups excluding carboxylic acids is 1. The molecule has 10 heteroatoms. The predicted octanol–water partition coefficient (Wildman–Crippen LogP) is 4.23. The molecule has 1 fully saturated rings. The lowest BCUT2D eigenvalue weighted by Gasteiger charge is -2.32. The minimum atomic E-state index is -0.636. The fraction of sp³-hybridized carbons (Fsp3) is 0.682. The number of nitrogens with one attached hydrogen (secondary N) is 1. The maximum Gasteiger partial charge on any atom is 0.416 e. The van der Waals surface area contributed by atoms with Gasteiger partial charge in [0.1, 0.15) is 17.2 Å². The quantitative estimate of drug-likeness (QED) is 0.573. The van der Waals surface area contributed by atoms with Gasteiger partial charge in [0.15, 0.2) is 5.65 Å². The van der Waals surface area contributed by atoms with Gasteiger partial charge in [-0.25, -0.2) is 9.78 Å². The Morgan fingerprint density at radius 1 is 1.44 bits per heavy atom. The number of hydrogen-bond donors (Lipinski definition) is 2. The summed E-state index contributed by atoms with van der Waals surface area (Å²) in [6.07, 6.45) is 3.14. The first kappa shape index (κ1) is 24.7. The molecule has 2 unspecified atom stereocenters. The fourth-order valence-electron chi connectivity index (χ4n) is 3.71. The van der Waals surface area contributed by atoms with Gasteiger partial charge in [0, 0.05) is 25.8 Å². The molecule has 2 atom stereocenters. The van der Waals surface area contributed by atoms with E-state index in [1.54, 1.807) is 28.6 Å². The molecular formula is C22H34BrN5O4. The van der Waals surface area contributed by atoms with Gasteiger partial charge in [-0.15, -0.1) is 0 Å². The number of hydrogen-bond acceptors (Lipinski definition) is 7. The second-order valence-corrected chi connectivity index (χ2v) is 10.1. The van der Waals surface area contributed by atoms with Crippen molar-refractivity contribution in [3.05, 3.63) is 16.7 Å². The summed E-state index contributed by atoms with van der Waals surface area (Å²) < 4.78 is 13.6. The van der Waals surface area contributed by atoms with Crippen molar-refractivity contribution in [2.75, 3.05) is 30.0 Å². The Morgan fingerprint density at radius 2 is 2.12 bits per heavy atom. The molecule has 178 valence electrons. The molecule has 2 aromatic rings. The summed E-state index contributed by atoms with van der Waals surface area (Å²) in [4.78, 5) is 19.6. The molecule has 0 radical (unpaired) electrons. The van der Waals surface area contributed by atoms with Crippen molar-refractivity contribution >= 4 is 39.3 Å². The van der Waals surface area contributed by atoms with Crippen molar-refractivity contribution < 1.29 is 19.4 Å². The number of aliphatic hydroxyl groups excluding tert-OH is 1. The number of anilines is 2. The van der Waals surface area contributed by atoms with E-state index in [0.29, 0.717) is 41.5 Å². The highest BCUT2D eigenvalue weighted by Gasteiger charge is 2.30. The number of aromatic nitrogens is 3. The van der Waals surface area contributed by atoms with Crippen LogP contribution < -0.4 is 10.2 Å². The van der Waals surface area contributed by atoms with Gasteiger partial charge in [-0.2, -0.15) is 9.61 Å². The average Bonchev–Trinajstić information content (AvgIpc) is 3.10. The minimum Gasteiger partial charge on any atom is -0.443 e. The summed E-state index contributed by atoms with van der Waals surface area (Å²) in [6.45, 7) is 11.2. The van der Waals surface area contributed by atoms with E-state index in [0.717, 1.165) is 19.3 Å². The molecule has 9 nitrogen and oxygen atoms in total. The fourth-order valence-corrected chi connectivity index (χ4v) is 4.05. The summed E-state index contributed by atoms with van der Waals surface area (Å²) >= 11 is 3.51. The standard InChI is InChI=1S/C22H34BrN5O4/c1-6-17(14(2)29)25-18-11-19(28-20(26-18)16(23)12-24-28)27(21(30)32-22(3,4)5)13-15-7-9-31-10-8-15/h11-12,14-15,17,29H,6-10,13H2,1-5H3,(H,25,26). The monoisotopic (exact) mass is 511 g/mol. The van der Waals surface area contributed by atoms with E-state index in [-0.39, 0.29) is 12.0 Å². The van der Waals surface area contributed by atoms with Crippen molar-refractivity contribution in [2.24, 2.45) is 5.92 Å². The van der Waals surface area contributed by atoms with Gasteiger partial charge in [0.25, 0.3) is 0 Å². The van der Waals surface area contributed by atoms with Crippen molar-refractivity contribution in [3.8, 4) is 0 Å². The molecule has 1 amide bonds. The van der Waals surface area contributed by atoms with E-state index < -0.39 is 17.8 Å². The first-order valence-electron chi connectivity index (χ1n) is 11.2. The molecule has 0 bridgehead atoms. The Morgan fingerprint density at radius 3 is 2.72 bits per heavy atom. The minimum absolute atomic E-state index is 0.176. The Hall–Kier alpha value is -1.91. The molecule has 0 aliphatic carbocycles. The van der Waals surface area contributed by atoms with E-state index in [1.165, 1.54) is 0 Å². The number of nitrogens with zero attached hydrogens (tertiary/aromatic N) is 4. The lowest BCUT2D eigenvalue weighted by molar-refractivity contribution is 0.0512. The summed E-state index contributed by atoms with van der Waals surface area (Å²) in [5.41, 5.74) is -0.0614. The van der Waals surface area contributed by atoms with Crippen molar-refractivity contribution in [3.63, 3.8) is 0 Å². The van der Waals surface area contributed by atoms with Gasteiger partial charge >= 0.3 is 6.09 Å². The number of amides is 1. The van der Waals surface area contributed by atoms with E-state index >= 15 is 0 Å². The van der Waals surface area contributed by atoms with Crippen LogP contribution in [0.25, 0.3) is 5.65 Å². The third-order valence-electron chi connectivity index (χ3n) is 5.44.